The van der Waals surface area contributed by atoms with Crippen molar-refractivity contribution in [1.82, 2.24) is 15.1 Å². The molecule has 0 spiro atoms. The Morgan fingerprint density at radius 2 is 1.61 bits per heavy atom. The summed E-state index contributed by atoms with van der Waals surface area (Å²) in [6.45, 7) is 17.7. The van der Waals surface area contributed by atoms with E-state index in [-0.39, 0.29) is 0 Å². The van der Waals surface area contributed by atoms with Crippen LogP contribution in [-0.4, -0.2) is 61.2 Å². The number of hydrogen-bond acceptors (Lipinski definition) is 3. The highest BCUT2D eigenvalue weighted by Gasteiger charge is 2.25. The van der Waals surface area contributed by atoms with E-state index in [0.29, 0.717) is 5.54 Å². The van der Waals surface area contributed by atoms with Crippen LogP contribution in [0.1, 0.15) is 47.0 Å². The lowest BCUT2D eigenvalue weighted by molar-refractivity contribution is 0.0616. The molecular weight excluding hydrogens is 222 g/mol. The van der Waals surface area contributed by atoms with E-state index in [1.54, 1.807) is 0 Å². The van der Waals surface area contributed by atoms with Crippen molar-refractivity contribution in [1.29, 1.82) is 0 Å². The van der Waals surface area contributed by atoms with Crippen molar-refractivity contribution < 1.29 is 0 Å². The van der Waals surface area contributed by atoms with Gasteiger partial charge in [-0.3, -0.25) is 4.90 Å². The number of piperazine rings is 1. The maximum atomic E-state index is 3.39. The Morgan fingerprint density at radius 3 is 2.17 bits per heavy atom. The van der Waals surface area contributed by atoms with Crippen LogP contribution in [0.25, 0.3) is 0 Å². The highest BCUT2D eigenvalue weighted by atomic mass is 15.3. The SMILES string of the molecule is CCNCCCCCN1CCN(C(C)(C)C)CC1. The average Bonchev–Trinajstić information content (AvgIpc) is 2.33. The molecule has 3 heteroatoms. The lowest BCUT2D eigenvalue weighted by Crippen LogP contribution is -2.53. The molecule has 0 radical (unpaired) electrons. The fourth-order valence-corrected chi connectivity index (χ4v) is 2.58. The highest BCUT2D eigenvalue weighted by molar-refractivity contribution is 4.81. The fourth-order valence-electron chi connectivity index (χ4n) is 2.58. The molecule has 1 N–H and O–H groups in total. The third-order valence-electron chi connectivity index (χ3n) is 3.90. The molecule has 0 aromatic carbocycles. The molecule has 1 saturated heterocycles. The fraction of sp³-hybridized carbons (Fsp3) is 1.00. The Hall–Kier alpha value is -0.120. The molecule has 1 heterocycles. The monoisotopic (exact) mass is 255 g/mol. The molecule has 1 fully saturated rings. The van der Waals surface area contributed by atoms with E-state index < -0.39 is 0 Å². The van der Waals surface area contributed by atoms with Gasteiger partial charge in [-0.1, -0.05) is 13.3 Å². The van der Waals surface area contributed by atoms with Gasteiger partial charge in [0.1, 0.15) is 0 Å². The molecule has 108 valence electrons. The van der Waals surface area contributed by atoms with Gasteiger partial charge in [-0.05, 0) is 53.2 Å². The Kier molecular flexibility index (Phi) is 7.20. The molecule has 1 rings (SSSR count). The van der Waals surface area contributed by atoms with Crippen LogP contribution >= 0.6 is 0 Å². The van der Waals surface area contributed by atoms with Gasteiger partial charge in [0.25, 0.3) is 0 Å². The van der Waals surface area contributed by atoms with Crippen LogP contribution in [0.5, 0.6) is 0 Å². The maximum absolute atomic E-state index is 3.39. The van der Waals surface area contributed by atoms with E-state index in [9.17, 15) is 0 Å². The summed E-state index contributed by atoms with van der Waals surface area (Å²) in [6.07, 6.45) is 4.06. The molecular formula is C15H33N3. The van der Waals surface area contributed by atoms with Crippen molar-refractivity contribution >= 4 is 0 Å². The van der Waals surface area contributed by atoms with Gasteiger partial charge in [-0.15, -0.1) is 0 Å². The van der Waals surface area contributed by atoms with E-state index in [4.69, 9.17) is 0 Å². The standard InChI is InChI=1S/C15H33N3/c1-5-16-9-7-6-8-10-17-11-13-18(14-12-17)15(2,3)4/h16H,5-14H2,1-4H3. The zero-order chi connectivity index (χ0) is 13.4. The van der Waals surface area contributed by atoms with Crippen molar-refractivity contribution in [3.8, 4) is 0 Å². The Balaban J connectivity index is 2.02. The Bertz CT molecular complexity index is 202. The van der Waals surface area contributed by atoms with Gasteiger partial charge >= 0.3 is 0 Å². The predicted octanol–water partition coefficient (Wildman–Crippen LogP) is 2.18. The largest absolute Gasteiger partial charge is 0.317 e. The quantitative estimate of drug-likeness (QED) is 0.704. The minimum absolute atomic E-state index is 0.345. The molecule has 0 bridgehead atoms. The van der Waals surface area contributed by atoms with Crippen LogP contribution in [0.3, 0.4) is 0 Å². The van der Waals surface area contributed by atoms with Gasteiger partial charge in [0.2, 0.25) is 0 Å². The minimum atomic E-state index is 0.345. The smallest absolute Gasteiger partial charge is 0.0126 e. The molecule has 0 aliphatic carbocycles. The third kappa shape index (κ3) is 6.17. The third-order valence-corrected chi connectivity index (χ3v) is 3.90. The van der Waals surface area contributed by atoms with Gasteiger partial charge in [0, 0.05) is 31.7 Å². The van der Waals surface area contributed by atoms with Crippen LogP contribution in [-0.2, 0) is 0 Å². The lowest BCUT2D eigenvalue weighted by Gasteiger charge is -2.42. The first-order valence-corrected chi connectivity index (χ1v) is 7.72. The van der Waals surface area contributed by atoms with Gasteiger partial charge in [-0.2, -0.15) is 0 Å². The second kappa shape index (κ2) is 8.13. The average molecular weight is 255 g/mol. The van der Waals surface area contributed by atoms with E-state index in [1.165, 1.54) is 58.5 Å². The first-order valence-electron chi connectivity index (χ1n) is 7.72. The number of nitrogens with one attached hydrogen (secondary N) is 1. The van der Waals surface area contributed by atoms with Gasteiger partial charge in [0.15, 0.2) is 0 Å². The number of nitrogens with zero attached hydrogens (tertiary/aromatic N) is 2. The van der Waals surface area contributed by atoms with Crippen LogP contribution in [0, 0.1) is 0 Å². The van der Waals surface area contributed by atoms with Crippen LogP contribution in [0.4, 0.5) is 0 Å². The zero-order valence-electron chi connectivity index (χ0n) is 13.0. The van der Waals surface area contributed by atoms with Gasteiger partial charge in [-0.25, -0.2) is 0 Å². The van der Waals surface area contributed by atoms with Crippen molar-refractivity contribution in [2.75, 3.05) is 45.8 Å². The van der Waals surface area contributed by atoms with Crippen molar-refractivity contribution in [3.63, 3.8) is 0 Å². The van der Waals surface area contributed by atoms with E-state index in [1.807, 2.05) is 0 Å². The summed E-state index contributed by atoms with van der Waals surface area (Å²) < 4.78 is 0. The number of unbranched alkanes of at least 4 members (excludes halogenated alkanes) is 2. The molecule has 0 saturated carbocycles. The minimum Gasteiger partial charge on any atom is -0.317 e. The normalized spacial score (nSPS) is 19.3. The van der Waals surface area contributed by atoms with Crippen molar-refractivity contribution in [2.45, 2.75) is 52.5 Å². The predicted molar refractivity (Wildman–Crippen MR) is 80.2 cm³/mol. The van der Waals surface area contributed by atoms with E-state index >= 15 is 0 Å². The topological polar surface area (TPSA) is 18.5 Å². The second-order valence-electron chi connectivity index (χ2n) is 6.41. The highest BCUT2D eigenvalue weighted by Crippen LogP contribution is 2.15. The number of rotatable bonds is 7. The first-order chi connectivity index (χ1) is 8.54. The van der Waals surface area contributed by atoms with Gasteiger partial charge < -0.3 is 10.2 Å². The van der Waals surface area contributed by atoms with Gasteiger partial charge in [0.05, 0.1) is 0 Å². The van der Waals surface area contributed by atoms with E-state index in [2.05, 4.69) is 42.8 Å². The number of hydrogen-bond donors (Lipinski definition) is 1. The van der Waals surface area contributed by atoms with Crippen LogP contribution in [0.2, 0.25) is 0 Å². The Morgan fingerprint density at radius 1 is 0.944 bits per heavy atom. The van der Waals surface area contributed by atoms with Crippen molar-refractivity contribution in [3.05, 3.63) is 0 Å². The molecule has 1 aliphatic rings. The Labute approximate surface area is 114 Å². The molecule has 3 nitrogen and oxygen atoms in total. The summed E-state index contributed by atoms with van der Waals surface area (Å²) in [5.41, 5.74) is 0.345. The summed E-state index contributed by atoms with van der Waals surface area (Å²) in [5, 5.41) is 3.39. The summed E-state index contributed by atoms with van der Waals surface area (Å²) in [5.74, 6) is 0. The first kappa shape index (κ1) is 15.9. The molecule has 0 aromatic rings. The molecule has 18 heavy (non-hydrogen) atoms. The summed E-state index contributed by atoms with van der Waals surface area (Å²) in [7, 11) is 0. The molecule has 0 aromatic heterocycles. The summed E-state index contributed by atoms with van der Waals surface area (Å²) in [6, 6.07) is 0. The van der Waals surface area contributed by atoms with Crippen LogP contribution < -0.4 is 5.32 Å². The maximum Gasteiger partial charge on any atom is 0.0126 e. The molecule has 0 atom stereocenters. The molecule has 0 amide bonds. The van der Waals surface area contributed by atoms with Crippen LogP contribution in [0.15, 0.2) is 0 Å². The molecule has 0 unspecified atom stereocenters. The summed E-state index contributed by atoms with van der Waals surface area (Å²) >= 11 is 0. The second-order valence-corrected chi connectivity index (χ2v) is 6.41. The lowest BCUT2D eigenvalue weighted by atomic mass is 10.0. The zero-order valence-corrected chi connectivity index (χ0v) is 13.0. The summed E-state index contributed by atoms with van der Waals surface area (Å²) in [4.78, 5) is 5.24. The van der Waals surface area contributed by atoms with Crippen molar-refractivity contribution in [2.24, 2.45) is 0 Å². The molecule has 1 aliphatic heterocycles. The van der Waals surface area contributed by atoms with E-state index in [0.717, 1.165) is 6.54 Å².